The summed E-state index contributed by atoms with van der Waals surface area (Å²) in [5, 5.41) is 3.37. The summed E-state index contributed by atoms with van der Waals surface area (Å²) in [5.74, 6) is 0.623. The van der Waals surface area contributed by atoms with E-state index >= 15 is 0 Å². The Morgan fingerprint density at radius 3 is 2.32 bits per heavy atom. The predicted octanol–water partition coefficient (Wildman–Crippen LogP) is 3.99. The lowest BCUT2D eigenvalue weighted by Crippen LogP contribution is -2.12. The van der Waals surface area contributed by atoms with Gasteiger partial charge in [-0.15, -0.1) is 0 Å². The van der Waals surface area contributed by atoms with E-state index in [0.717, 1.165) is 18.0 Å². The fourth-order valence-corrected chi connectivity index (χ4v) is 2.37. The van der Waals surface area contributed by atoms with Crippen LogP contribution in [-0.4, -0.2) is 0 Å². The molecule has 1 saturated carbocycles. The van der Waals surface area contributed by atoms with Crippen LogP contribution >= 0.6 is 0 Å². The Kier molecular flexibility index (Phi) is 3.60. The van der Waals surface area contributed by atoms with Gasteiger partial charge in [0.25, 0.3) is 0 Å². The van der Waals surface area contributed by atoms with Gasteiger partial charge in [-0.2, -0.15) is 0 Å². The molecule has 1 nitrogen and oxygen atoms in total. The van der Waals surface area contributed by atoms with Crippen molar-refractivity contribution in [2.24, 2.45) is 0 Å². The Bertz CT molecular complexity index is 561. The summed E-state index contributed by atoms with van der Waals surface area (Å²) in [6.07, 6.45) is 2.67. The Balaban J connectivity index is 1.55. The molecule has 0 aliphatic heterocycles. The van der Waals surface area contributed by atoms with Crippen LogP contribution in [0.5, 0.6) is 0 Å². The lowest BCUT2D eigenvalue weighted by Gasteiger charge is -2.07. The van der Waals surface area contributed by atoms with E-state index in [1.165, 1.54) is 30.0 Å². The number of hydrogen-bond donors (Lipinski definition) is 1. The molecule has 0 heterocycles. The van der Waals surface area contributed by atoms with Gasteiger partial charge in [-0.1, -0.05) is 36.4 Å². The molecule has 1 aliphatic carbocycles. The van der Waals surface area contributed by atoms with Crippen LogP contribution in [0.4, 0.5) is 4.39 Å². The molecule has 2 aromatic carbocycles. The molecular formula is C17H18FN. The molecule has 0 unspecified atom stereocenters. The van der Waals surface area contributed by atoms with Crippen molar-refractivity contribution in [1.82, 2.24) is 5.32 Å². The van der Waals surface area contributed by atoms with Gasteiger partial charge in [-0.05, 0) is 47.6 Å². The van der Waals surface area contributed by atoms with Gasteiger partial charge in [-0.25, -0.2) is 4.39 Å². The Morgan fingerprint density at radius 1 is 0.947 bits per heavy atom. The topological polar surface area (TPSA) is 12.0 Å². The van der Waals surface area contributed by atoms with Crippen LogP contribution in [0.15, 0.2) is 48.5 Å². The van der Waals surface area contributed by atoms with Crippen LogP contribution in [0.2, 0.25) is 0 Å². The zero-order chi connectivity index (χ0) is 13.1. The SMILES string of the molecule is Fc1cccc(CNCc2cccc(C3CC3)c2)c1. The molecule has 98 valence electrons. The van der Waals surface area contributed by atoms with E-state index in [0.29, 0.717) is 6.54 Å². The third-order valence-electron chi connectivity index (χ3n) is 3.55. The Morgan fingerprint density at radius 2 is 1.63 bits per heavy atom. The first-order valence-electron chi connectivity index (χ1n) is 6.85. The molecule has 0 radical (unpaired) electrons. The zero-order valence-corrected chi connectivity index (χ0v) is 10.9. The first-order valence-corrected chi connectivity index (χ1v) is 6.85. The molecule has 3 rings (SSSR count). The van der Waals surface area contributed by atoms with E-state index in [9.17, 15) is 4.39 Å². The molecular weight excluding hydrogens is 237 g/mol. The number of nitrogens with one attached hydrogen (secondary N) is 1. The van der Waals surface area contributed by atoms with E-state index < -0.39 is 0 Å². The van der Waals surface area contributed by atoms with Gasteiger partial charge in [0.2, 0.25) is 0 Å². The summed E-state index contributed by atoms with van der Waals surface area (Å²) in [4.78, 5) is 0. The lowest BCUT2D eigenvalue weighted by atomic mass is 10.1. The van der Waals surface area contributed by atoms with Crippen molar-refractivity contribution in [2.75, 3.05) is 0 Å². The number of benzene rings is 2. The van der Waals surface area contributed by atoms with Crippen molar-refractivity contribution < 1.29 is 4.39 Å². The van der Waals surface area contributed by atoms with Crippen molar-refractivity contribution >= 4 is 0 Å². The molecule has 0 amide bonds. The van der Waals surface area contributed by atoms with Crippen molar-refractivity contribution in [3.63, 3.8) is 0 Å². The standard InChI is InChI=1S/C17H18FN/c18-17-6-2-4-14(10-17)12-19-11-13-3-1-5-16(9-13)15-7-8-15/h1-6,9-10,15,19H,7-8,11-12H2. The van der Waals surface area contributed by atoms with Crippen LogP contribution in [0.25, 0.3) is 0 Å². The van der Waals surface area contributed by atoms with Gasteiger partial charge in [0.05, 0.1) is 0 Å². The van der Waals surface area contributed by atoms with Crippen LogP contribution in [0.1, 0.15) is 35.4 Å². The summed E-state index contributed by atoms with van der Waals surface area (Å²) in [6.45, 7) is 1.53. The third kappa shape index (κ3) is 3.42. The summed E-state index contributed by atoms with van der Waals surface area (Å²) in [7, 11) is 0. The molecule has 0 saturated heterocycles. The quantitative estimate of drug-likeness (QED) is 0.851. The van der Waals surface area contributed by atoms with Gasteiger partial charge >= 0.3 is 0 Å². The summed E-state index contributed by atoms with van der Waals surface area (Å²) < 4.78 is 13.0. The number of halogens is 1. The lowest BCUT2D eigenvalue weighted by molar-refractivity contribution is 0.620. The minimum atomic E-state index is -0.171. The van der Waals surface area contributed by atoms with Crippen LogP contribution < -0.4 is 5.32 Å². The first-order chi connectivity index (χ1) is 9.31. The van der Waals surface area contributed by atoms with Crippen molar-refractivity contribution in [3.8, 4) is 0 Å². The van der Waals surface area contributed by atoms with E-state index in [1.54, 1.807) is 12.1 Å². The van der Waals surface area contributed by atoms with Crippen LogP contribution in [0.3, 0.4) is 0 Å². The van der Waals surface area contributed by atoms with E-state index in [4.69, 9.17) is 0 Å². The largest absolute Gasteiger partial charge is 0.309 e. The third-order valence-corrected chi connectivity index (χ3v) is 3.55. The maximum Gasteiger partial charge on any atom is 0.123 e. The first kappa shape index (κ1) is 12.4. The fourth-order valence-electron chi connectivity index (χ4n) is 2.37. The highest BCUT2D eigenvalue weighted by molar-refractivity contribution is 5.29. The van der Waals surface area contributed by atoms with Crippen molar-refractivity contribution in [2.45, 2.75) is 31.8 Å². The highest BCUT2D eigenvalue weighted by Crippen LogP contribution is 2.40. The Hall–Kier alpha value is -1.67. The van der Waals surface area contributed by atoms with Gasteiger partial charge in [0.1, 0.15) is 5.82 Å². The van der Waals surface area contributed by atoms with Gasteiger partial charge in [-0.3, -0.25) is 0 Å². The predicted molar refractivity (Wildman–Crippen MR) is 75.4 cm³/mol. The molecule has 0 bridgehead atoms. The highest BCUT2D eigenvalue weighted by Gasteiger charge is 2.23. The van der Waals surface area contributed by atoms with Crippen molar-refractivity contribution in [1.29, 1.82) is 0 Å². The van der Waals surface area contributed by atoms with Gasteiger partial charge < -0.3 is 5.32 Å². The van der Waals surface area contributed by atoms with Gasteiger partial charge in [0, 0.05) is 13.1 Å². The number of rotatable bonds is 5. The minimum Gasteiger partial charge on any atom is -0.309 e. The molecule has 0 spiro atoms. The fraction of sp³-hybridized carbons (Fsp3) is 0.294. The maximum absolute atomic E-state index is 13.0. The average molecular weight is 255 g/mol. The molecule has 2 aromatic rings. The zero-order valence-electron chi connectivity index (χ0n) is 10.9. The molecule has 19 heavy (non-hydrogen) atoms. The summed E-state index contributed by atoms with van der Waals surface area (Å²) in [6, 6.07) is 15.5. The monoisotopic (exact) mass is 255 g/mol. The van der Waals surface area contributed by atoms with Crippen molar-refractivity contribution in [3.05, 3.63) is 71.0 Å². The van der Waals surface area contributed by atoms with Crippen LogP contribution in [-0.2, 0) is 13.1 Å². The van der Waals surface area contributed by atoms with Gasteiger partial charge in [0.15, 0.2) is 0 Å². The van der Waals surface area contributed by atoms with E-state index in [1.807, 2.05) is 6.07 Å². The average Bonchev–Trinajstić information content (AvgIpc) is 3.23. The molecule has 1 aliphatic rings. The number of hydrogen-bond acceptors (Lipinski definition) is 1. The maximum atomic E-state index is 13.0. The molecule has 0 atom stereocenters. The second-order valence-electron chi connectivity index (χ2n) is 5.25. The van der Waals surface area contributed by atoms with Crippen LogP contribution in [0, 0.1) is 5.82 Å². The minimum absolute atomic E-state index is 0.171. The summed E-state index contributed by atoms with van der Waals surface area (Å²) >= 11 is 0. The summed E-state index contributed by atoms with van der Waals surface area (Å²) in [5.41, 5.74) is 3.75. The van der Waals surface area contributed by atoms with E-state index in [-0.39, 0.29) is 5.82 Å². The molecule has 2 heteroatoms. The van der Waals surface area contributed by atoms with E-state index in [2.05, 4.69) is 29.6 Å². The normalized spacial score (nSPS) is 14.6. The molecule has 1 N–H and O–H groups in total. The smallest absolute Gasteiger partial charge is 0.123 e. The molecule has 1 fully saturated rings. The highest BCUT2D eigenvalue weighted by atomic mass is 19.1. The molecule has 0 aromatic heterocycles. The Labute approximate surface area is 113 Å². The second kappa shape index (κ2) is 5.54. The second-order valence-corrected chi connectivity index (χ2v) is 5.25.